The molecule has 1 aromatic heterocycles. The van der Waals surface area contributed by atoms with Gasteiger partial charge >= 0.3 is 0 Å². The van der Waals surface area contributed by atoms with E-state index >= 15 is 0 Å². The summed E-state index contributed by atoms with van der Waals surface area (Å²) in [6.45, 7) is 11.7. The normalized spacial score (nSPS) is 23.9. The number of nitrogens with zero attached hydrogens (tertiary/aromatic N) is 5. The van der Waals surface area contributed by atoms with Crippen LogP contribution in [0.5, 0.6) is 0 Å². The van der Waals surface area contributed by atoms with E-state index in [2.05, 4.69) is 46.1 Å². The summed E-state index contributed by atoms with van der Waals surface area (Å²) >= 11 is 0. The van der Waals surface area contributed by atoms with Crippen molar-refractivity contribution in [1.29, 1.82) is 0 Å². The van der Waals surface area contributed by atoms with Gasteiger partial charge in [0.1, 0.15) is 11.9 Å². The van der Waals surface area contributed by atoms with Crippen molar-refractivity contribution >= 4 is 41.7 Å². The Balaban J connectivity index is 0.00000306. The molecule has 10 heteroatoms. The fraction of sp³-hybridized carbons (Fsp3) is 0.696. The van der Waals surface area contributed by atoms with Crippen molar-refractivity contribution in [2.24, 2.45) is 4.99 Å². The Morgan fingerprint density at radius 2 is 1.94 bits per heavy atom. The Morgan fingerprint density at radius 1 is 1.15 bits per heavy atom. The van der Waals surface area contributed by atoms with E-state index < -0.39 is 0 Å². The second-order valence-electron chi connectivity index (χ2n) is 8.64. The van der Waals surface area contributed by atoms with E-state index in [1.807, 2.05) is 11.1 Å². The quantitative estimate of drug-likeness (QED) is 0.327. The van der Waals surface area contributed by atoms with E-state index in [-0.39, 0.29) is 42.1 Å². The Morgan fingerprint density at radius 3 is 2.58 bits per heavy atom. The highest BCUT2D eigenvalue weighted by atomic mass is 127. The van der Waals surface area contributed by atoms with E-state index in [0.717, 1.165) is 69.5 Å². The predicted octanol–water partition coefficient (Wildman–Crippen LogP) is 1.71. The monoisotopic (exact) mass is 572 g/mol. The molecular formula is C23H37IN6O3. The van der Waals surface area contributed by atoms with Crippen LogP contribution >= 0.6 is 24.0 Å². The van der Waals surface area contributed by atoms with Crippen LogP contribution in [-0.2, 0) is 20.8 Å². The third-order valence-corrected chi connectivity index (χ3v) is 6.22. The van der Waals surface area contributed by atoms with Crippen molar-refractivity contribution < 1.29 is 14.3 Å². The summed E-state index contributed by atoms with van der Waals surface area (Å²) in [5.74, 6) is 2.03. The van der Waals surface area contributed by atoms with E-state index in [1.165, 1.54) is 0 Å². The molecule has 3 aliphatic heterocycles. The fourth-order valence-electron chi connectivity index (χ4n) is 4.43. The molecule has 4 heterocycles. The molecule has 184 valence electrons. The molecule has 3 fully saturated rings. The number of pyridine rings is 1. The van der Waals surface area contributed by atoms with E-state index in [9.17, 15) is 4.79 Å². The summed E-state index contributed by atoms with van der Waals surface area (Å²) < 4.78 is 11.2. The number of halogens is 1. The van der Waals surface area contributed by atoms with Gasteiger partial charge in [0, 0.05) is 58.6 Å². The summed E-state index contributed by atoms with van der Waals surface area (Å²) in [6.07, 6.45) is 3.74. The number of hydrogen-bond donors (Lipinski definition) is 1. The number of amides is 1. The molecule has 1 aromatic rings. The van der Waals surface area contributed by atoms with Crippen LogP contribution in [0.3, 0.4) is 0 Å². The minimum absolute atomic E-state index is 0. The molecule has 3 aliphatic rings. The van der Waals surface area contributed by atoms with Crippen molar-refractivity contribution in [3.63, 3.8) is 0 Å². The van der Waals surface area contributed by atoms with Gasteiger partial charge in [0.2, 0.25) is 0 Å². The largest absolute Gasteiger partial charge is 0.375 e. The number of rotatable bonds is 5. The third-order valence-electron chi connectivity index (χ3n) is 6.22. The molecule has 0 saturated carbocycles. The summed E-state index contributed by atoms with van der Waals surface area (Å²) in [5.41, 5.74) is 1.08. The molecule has 0 radical (unpaired) electrons. The van der Waals surface area contributed by atoms with E-state index in [4.69, 9.17) is 14.5 Å². The van der Waals surface area contributed by atoms with Crippen LogP contribution in [0.4, 0.5) is 5.82 Å². The van der Waals surface area contributed by atoms with E-state index in [1.54, 1.807) is 0 Å². The first-order valence-electron chi connectivity index (χ1n) is 11.9. The maximum Gasteiger partial charge on any atom is 0.251 e. The summed E-state index contributed by atoms with van der Waals surface area (Å²) in [4.78, 5) is 28.5. The molecule has 0 bridgehead atoms. The molecule has 0 spiro atoms. The second kappa shape index (κ2) is 12.7. The predicted molar refractivity (Wildman–Crippen MR) is 139 cm³/mol. The summed E-state index contributed by atoms with van der Waals surface area (Å²) in [7, 11) is 0. The lowest BCUT2D eigenvalue weighted by molar-refractivity contribution is -0.142. The van der Waals surface area contributed by atoms with Crippen LogP contribution in [0.15, 0.2) is 23.3 Å². The topological polar surface area (TPSA) is 82.5 Å². The highest BCUT2D eigenvalue weighted by Gasteiger charge is 2.30. The Labute approximate surface area is 213 Å². The van der Waals surface area contributed by atoms with Crippen LogP contribution in [0.2, 0.25) is 0 Å². The number of carbonyl (C=O) groups excluding carboxylic acids is 1. The van der Waals surface area contributed by atoms with Gasteiger partial charge in [0.25, 0.3) is 5.91 Å². The van der Waals surface area contributed by atoms with Crippen molar-refractivity contribution in [1.82, 2.24) is 20.1 Å². The number of morpholine rings is 1. The molecule has 33 heavy (non-hydrogen) atoms. The van der Waals surface area contributed by atoms with Gasteiger partial charge in [-0.15, -0.1) is 24.0 Å². The van der Waals surface area contributed by atoms with Gasteiger partial charge in [-0.3, -0.25) is 4.79 Å². The maximum absolute atomic E-state index is 12.6. The van der Waals surface area contributed by atoms with Gasteiger partial charge in [0.05, 0.1) is 19.3 Å². The Kier molecular flexibility index (Phi) is 9.99. The Hall–Kier alpha value is -1.66. The molecule has 2 unspecified atom stereocenters. The van der Waals surface area contributed by atoms with Gasteiger partial charge in [-0.25, -0.2) is 9.98 Å². The first kappa shape index (κ1) is 26.0. The van der Waals surface area contributed by atoms with Gasteiger partial charge < -0.3 is 29.5 Å². The smallest absolute Gasteiger partial charge is 0.251 e. The van der Waals surface area contributed by atoms with Gasteiger partial charge in [-0.1, -0.05) is 6.07 Å². The second-order valence-corrected chi connectivity index (χ2v) is 8.64. The van der Waals surface area contributed by atoms with Gasteiger partial charge in [-0.05, 0) is 38.3 Å². The summed E-state index contributed by atoms with van der Waals surface area (Å²) in [5, 5.41) is 3.39. The third kappa shape index (κ3) is 6.92. The molecule has 3 saturated heterocycles. The SMILES string of the molecule is CCNC(=NCc1ccc(N2CCOC(C)C2)nc1)N1CCN(C(=O)C2CCCO2)CC1.I. The van der Waals surface area contributed by atoms with Crippen molar-refractivity contribution in [2.75, 3.05) is 63.9 Å². The first-order chi connectivity index (χ1) is 15.6. The van der Waals surface area contributed by atoms with Gasteiger partial charge in [0.15, 0.2) is 5.96 Å². The highest BCUT2D eigenvalue weighted by Crippen LogP contribution is 2.17. The summed E-state index contributed by atoms with van der Waals surface area (Å²) in [6, 6.07) is 4.18. The number of aliphatic imine (C=N–C) groups is 1. The van der Waals surface area contributed by atoms with Crippen LogP contribution < -0.4 is 10.2 Å². The number of nitrogens with one attached hydrogen (secondary N) is 1. The number of carbonyl (C=O) groups is 1. The standard InChI is InChI=1S/C23H36N6O3.HI/c1-3-24-23(28-10-8-27(9-11-28)22(30)20-5-4-13-32-20)26-16-19-6-7-21(25-15-19)29-12-14-31-18(2)17-29;/h6-7,15,18,20H,3-5,8-14,16-17H2,1-2H3,(H,24,26);1H. The molecule has 2 atom stereocenters. The van der Waals surface area contributed by atoms with Crippen molar-refractivity contribution in [2.45, 2.75) is 45.4 Å². The number of ether oxygens (including phenoxy) is 2. The average Bonchev–Trinajstić information content (AvgIpc) is 3.37. The molecule has 4 rings (SSSR count). The molecule has 1 amide bonds. The molecule has 0 aromatic carbocycles. The van der Waals surface area contributed by atoms with Crippen LogP contribution in [0.1, 0.15) is 32.3 Å². The number of guanidine groups is 1. The van der Waals surface area contributed by atoms with Crippen LogP contribution in [0, 0.1) is 0 Å². The number of hydrogen-bond acceptors (Lipinski definition) is 6. The highest BCUT2D eigenvalue weighted by molar-refractivity contribution is 14.0. The molecule has 1 N–H and O–H groups in total. The lowest BCUT2D eigenvalue weighted by atomic mass is 10.2. The minimum atomic E-state index is -0.236. The zero-order chi connectivity index (χ0) is 22.3. The van der Waals surface area contributed by atoms with Crippen LogP contribution in [0.25, 0.3) is 0 Å². The van der Waals surface area contributed by atoms with Crippen LogP contribution in [-0.4, -0.2) is 97.9 Å². The fourth-order valence-corrected chi connectivity index (χ4v) is 4.43. The zero-order valence-corrected chi connectivity index (χ0v) is 22.1. The maximum atomic E-state index is 12.6. The number of anilines is 1. The lowest BCUT2D eigenvalue weighted by Crippen LogP contribution is -2.55. The zero-order valence-electron chi connectivity index (χ0n) is 19.7. The molecule has 0 aliphatic carbocycles. The molecular weight excluding hydrogens is 535 g/mol. The Bertz CT molecular complexity index is 779. The number of piperazine rings is 1. The number of aromatic nitrogens is 1. The first-order valence-corrected chi connectivity index (χ1v) is 11.9. The van der Waals surface area contributed by atoms with Gasteiger partial charge in [-0.2, -0.15) is 0 Å². The molecule has 9 nitrogen and oxygen atoms in total. The average molecular weight is 572 g/mol. The van der Waals surface area contributed by atoms with Crippen molar-refractivity contribution in [3.05, 3.63) is 23.9 Å². The lowest BCUT2D eigenvalue weighted by Gasteiger charge is -2.37. The minimum Gasteiger partial charge on any atom is -0.375 e. The van der Waals surface area contributed by atoms with E-state index in [0.29, 0.717) is 26.2 Å². The van der Waals surface area contributed by atoms with Crippen molar-refractivity contribution in [3.8, 4) is 0 Å².